The summed E-state index contributed by atoms with van der Waals surface area (Å²) in [6.07, 6.45) is 4.71. The Bertz CT molecular complexity index is 860. The van der Waals surface area contributed by atoms with Crippen molar-refractivity contribution in [2.24, 2.45) is 0 Å². The Labute approximate surface area is 137 Å². The van der Waals surface area contributed by atoms with E-state index in [0.29, 0.717) is 22.3 Å². The highest BCUT2D eigenvalue weighted by molar-refractivity contribution is 6.30. The number of nitrogen functional groups attached to an aromatic ring is 1. The predicted octanol–water partition coefficient (Wildman–Crippen LogP) is 2.44. The molecule has 0 bridgehead atoms. The molecule has 0 aromatic carbocycles. The molecule has 0 aliphatic heterocycles. The molecule has 7 heteroatoms. The highest BCUT2D eigenvalue weighted by Crippen LogP contribution is 2.12. The molecule has 0 amide bonds. The number of rotatable bonds is 4. The number of nitrogens with zero attached hydrogens (tertiary/aromatic N) is 3. The molecular weight excluding hydrogens is 316 g/mol. The normalized spacial score (nSPS) is 10.5. The van der Waals surface area contributed by atoms with E-state index in [4.69, 9.17) is 22.1 Å². The van der Waals surface area contributed by atoms with E-state index in [1.165, 1.54) is 16.8 Å². The Kier molecular flexibility index (Phi) is 4.25. The lowest BCUT2D eigenvalue weighted by Gasteiger charge is -2.08. The third-order valence-electron chi connectivity index (χ3n) is 3.12. The molecule has 6 nitrogen and oxygen atoms in total. The van der Waals surface area contributed by atoms with Gasteiger partial charge in [0.05, 0.1) is 22.6 Å². The zero-order valence-corrected chi connectivity index (χ0v) is 12.8. The molecule has 0 radical (unpaired) electrons. The van der Waals surface area contributed by atoms with Crippen LogP contribution in [0.3, 0.4) is 0 Å². The lowest BCUT2D eigenvalue weighted by atomic mass is 10.3. The highest BCUT2D eigenvalue weighted by atomic mass is 35.5. The molecular formula is C16H13ClN4O2. The summed E-state index contributed by atoms with van der Waals surface area (Å²) in [5.74, 6) is 0.864. The van der Waals surface area contributed by atoms with Crippen LogP contribution in [0.4, 0.5) is 5.82 Å². The van der Waals surface area contributed by atoms with Crippen LogP contribution in [0.15, 0.2) is 59.8 Å². The lowest BCUT2D eigenvalue weighted by Crippen LogP contribution is -2.17. The van der Waals surface area contributed by atoms with Gasteiger partial charge in [0.1, 0.15) is 18.2 Å². The van der Waals surface area contributed by atoms with E-state index in [2.05, 4.69) is 9.97 Å². The molecule has 3 heterocycles. The largest absolute Gasteiger partial charge is 0.487 e. The summed E-state index contributed by atoms with van der Waals surface area (Å²) in [6.45, 7) is 0.254. The van der Waals surface area contributed by atoms with Gasteiger partial charge in [-0.15, -0.1) is 0 Å². The van der Waals surface area contributed by atoms with Gasteiger partial charge < -0.3 is 10.5 Å². The molecule has 3 rings (SSSR count). The Morgan fingerprint density at radius 2 is 2.00 bits per heavy atom. The van der Waals surface area contributed by atoms with Crippen molar-refractivity contribution in [1.29, 1.82) is 0 Å². The summed E-state index contributed by atoms with van der Waals surface area (Å²) in [7, 11) is 0. The van der Waals surface area contributed by atoms with Crippen LogP contribution in [0.2, 0.25) is 5.02 Å². The summed E-state index contributed by atoms with van der Waals surface area (Å²) in [5, 5.41) is 0.563. The molecule has 0 spiro atoms. The number of anilines is 1. The van der Waals surface area contributed by atoms with E-state index in [1.54, 1.807) is 42.7 Å². The highest BCUT2D eigenvalue weighted by Gasteiger charge is 2.03. The maximum Gasteiger partial charge on any atom is 0.258 e. The number of pyridine rings is 3. The van der Waals surface area contributed by atoms with Crippen molar-refractivity contribution in [2.75, 3.05) is 5.73 Å². The molecule has 0 atom stereocenters. The molecule has 0 fully saturated rings. The van der Waals surface area contributed by atoms with E-state index in [0.717, 1.165) is 5.69 Å². The Balaban J connectivity index is 1.75. The van der Waals surface area contributed by atoms with Crippen molar-refractivity contribution >= 4 is 17.4 Å². The summed E-state index contributed by atoms with van der Waals surface area (Å²) < 4.78 is 7.03. The number of ether oxygens (including phenoxy) is 1. The Morgan fingerprint density at radius 3 is 2.65 bits per heavy atom. The first-order valence-electron chi connectivity index (χ1n) is 6.80. The maximum atomic E-state index is 12.2. The average Bonchev–Trinajstić information content (AvgIpc) is 2.55. The van der Waals surface area contributed by atoms with Gasteiger partial charge in [0.25, 0.3) is 5.56 Å². The molecule has 3 aromatic rings. The van der Waals surface area contributed by atoms with Gasteiger partial charge >= 0.3 is 0 Å². The molecule has 23 heavy (non-hydrogen) atoms. The van der Waals surface area contributed by atoms with Gasteiger partial charge in [-0.1, -0.05) is 11.6 Å². The third-order valence-corrected chi connectivity index (χ3v) is 3.34. The van der Waals surface area contributed by atoms with Crippen LogP contribution in [0, 0.1) is 0 Å². The third kappa shape index (κ3) is 3.67. The summed E-state index contributed by atoms with van der Waals surface area (Å²) in [6, 6.07) is 9.98. The Morgan fingerprint density at radius 1 is 1.13 bits per heavy atom. The minimum atomic E-state index is -0.224. The summed E-state index contributed by atoms with van der Waals surface area (Å²) in [4.78, 5) is 20.3. The van der Waals surface area contributed by atoms with Crippen LogP contribution >= 0.6 is 11.6 Å². The fraction of sp³-hybridized carbons (Fsp3) is 0.0625. The number of nitrogens with two attached hydrogens (primary N) is 1. The van der Waals surface area contributed by atoms with Gasteiger partial charge in [0.15, 0.2) is 0 Å². The average molecular weight is 329 g/mol. The predicted molar refractivity (Wildman–Crippen MR) is 87.8 cm³/mol. The topological polar surface area (TPSA) is 83.0 Å². The van der Waals surface area contributed by atoms with Crippen LogP contribution in [-0.4, -0.2) is 14.5 Å². The first-order chi connectivity index (χ1) is 11.1. The van der Waals surface area contributed by atoms with Crippen LogP contribution < -0.4 is 16.0 Å². The van der Waals surface area contributed by atoms with Gasteiger partial charge in [-0.25, -0.2) is 4.98 Å². The fourth-order valence-electron chi connectivity index (χ4n) is 1.95. The minimum absolute atomic E-state index is 0.224. The molecule has 0 unspecified atom stereocenters. The van der Waals surface area contributed by atoms with Crippen molar-refractivity contribution in [3.05, 3.63) is 76.1 Å². The van der Waals surface area contributed by atoms with Crippen molar-refractivity contribution in [2.45, 2.75) is 6.61 Å². The first kappa shape index (κ1) is 15.1. The molecule has 0 saturated heterocycles. The first-order valence-corrected chi connectivity index (χ1v) is 7.17. The zero-order chi connectivity index (χ0) is 16.2. The van der Waals surface area contributed by atoms with Crippen LogP contribution in [0.1, 0.15) is 5.69 Å². The second-order valence-electron chi connectivity index (χ2n) is 4.77. The zero-order valence-electron chi connectivity index (χ0n) is 12.0. The fourth-order valence-corrected chi connectivity index (χ4v) is 2.06. The molecule has 0 aliphatic carbocycles. The van der Waals surface area contributed by atoms with E-state index in [9.17, 15) is 4.79 Å². The molecule has 2 N–H and O–H groups in total. The monoisotopic (exact) mass is 328 g/mol. The van der Waals surface area contributed by atoms with Gasteiger partial charge in [0.2, 0.25) is 0 Å². The van der Waals surface area contributed by atoms with Gasteiger partial charge in [-0.3, -0.25) is 14.3 Å². The summed E-state index contributed by atoms with van der Waals surface area (Å²) >= 11 is 5.77. The van der Waals surface area contributed by atoms with Crippen molar-refractivity contribution in [1.82, 2.24) is 14.5 Å². The number of aromatic nitrogens is 3. The molecule has 3 aromatic heterocycles. The molecule has 0 aliphatic rings. The van der Waals surface area contributed by atoms with Gasteiger partial charge in [0, 0.05) is 18.5 Å². The molecule has 116 valence electrons. The number of hydrogen-bond donors (Lipinski definition) is 1. The van der Waals surface area contributed by atoms with Gasteiger partial charge in [-0.2, -0.15) is 0 Å². The quantitative estimate of drug-likeness (QED) is 0.795. The summed E-state index contributed by atoms with van der Waals surface area (Å²) in [5.41, 5.74) is 6.67. The maximum absolute atomic E-state index is 12.2. The van der Waals surface area contributed by atoms with E-state index in [1.807, 2.05) is 0 Å². The van der Waals surface area contributed by atoms with E-state index in [-0.39, 0.29) is 12.2 Å². The van der Waals surface area contributed by atoms with Gasteiger partial charge in [-0.05, 0) is 30.3 Å². The SMILES string of the molecule is Nc1ccc(-n2ccc(OCc3ccc(Cl)cn3)cc2=O)cn1. The smallest absolute Gasteiger partial charge is 0.258 e. The minimum Gasteiger partial charge on any atom is -0.487 e. The van der Waals surface area contributed by atoms with Crippen LogP contribution in [0.25, 0.3) is 5.69 Å². The van der Waals surface area contributed by atoms with Crippen LogP contribution in [-0.2, 0) is 6.61 Å². The van der Waals surface area contributed by atoms with Crippen molar-refractivity contribution in [3.63, 3.8) is 0 Å². The standard InChI is InChI=1S/C16H13ClN4O2/c17-11-1-2-12(19-8-11)10-23-14-5-6-21(16(22)7-14)13-3-4-15(18)20-9-13/h1-9H,10H2,(H2,18,20). The van der Waals surface area contributed by atoms with Crippen LogP contribution in [0.5, 0.6) is 5.75 Å². The number of halogens is 1. The Hall–Kier alpha value is -2.86. The van der Waals surface area contributed by atoms with Crippen molar-refractivity contribution in [3.8, 4) is 11.4 Å². The lowest BCUT2D eigenvalue weighted by molar-refractivity contribution is 0.300. The molecule has 0 saturated carbocycles. The van der Waals surface area contributed by atoms with E-state index >= 15 is 0 Å². The number of hydrogen-bond acceptors (Lipinski definition) is 5. The second-order valence-corrected chi connectivity index (χ2v) is 5.20. The van der Waals surface area contributed by atoms with Crippen molar-refractivity contribution < 1.29 is 4.74 Å². The second kappa shape index (κ2) is 6.50. The van der Waals surface area contributed by atoms with E-state index < -0.39 is 0 Å².